The number of ether oxygens (including phenoxy) is 1. The first-order valence-electron chi connectivity index (χ1n) is 8.85. The van der Waals surface area contributed by atoms with Crippen molar-refractivity contribution in [2.24, 2.45) is 17.7 Å². The molecule has 2 rings (SSSR count). The van der Waals surface area contributed by atoms with Gasteiger partial charge in [0.25, 0.3) is 0 Å². The van der Waals surface area contributed by atoms with Crippen LogP contribution < -0.4 is 11.3 Å². The average Bonchev–Trinajstić information content (AvgIpc) is 2.49. The molecule has 20 heavy (non-hydrogen) atoms. The third-order valence-corrected chi connectivity index (χ3v) is 5.75. The Bertz CT molecular complexity index is 271. The van der Waals surface area contributed by atoms with Crippen molar-refractivity contribution in [2.75, 3.05) is 6.61 Å². The van der Waals surface area contributed by atoms with Gasteiger partial charge in [-0.05, 0) is 44.4 Å². The summed E-state index contributed by atoms with van der Waals surface area (Å²) in [5, 5.41) is 0. The summed E-state index contributed by atoms with van der Waals surface area (Å²) < 4.78 is 6.30. The topological polar surface area (TPSA) is 47.3 Å². The van der Waals surface area contributed by atoms with Crippen LogP contribution in [0.4, 0.5) is 0 Å². The van der Waals surface area contributed by atoms with E-state index >= 15 is 0 Å². The predicted octanol–water partition coefficient (Wildman–Crippen LogP) is 3.77. The van der Waals surface area contributed by atoms with Gasteiger partial charge in [0.2, 0.25) is 0 Å². The summed E-state index contributed by atoms with van der Waals surface area (Å²) in [4.78, 5) is 0. The minimum atomic E-state index is 0.00203. The molecule has 3 heteroatoms. The summed E-state index contributed by atoms with van der Waals surface area (Å²) in [5.74, 6) is 7.60. The molecule has 0 amide bonds. The van der Waals surface area contributed by atoms with Crippen LogP contribution >= 0.6 is 0 Å². The highest BCUT2D eigenvalue weighted by atomic mass is 16.5. The fourth-order valence-electron chi connectivity index (χ4n) is 4.71. The number of hydrogen-bond acceptors (Lipinski definition) is 3. The Kier molecular flexibility index (Phi) is 6.31. The summed E-state index contributed by atoms with van der Waals surface area (Å²) in [6.07, 6.45) is 13.1. The fourth-order valence-corrected chi connectivity index (χ4v) is 4.71. The molecular weight excluding hydrogens is 248 g/mol. The van der Waals surface area contributed by atoms with Crippen LogP contribution in [0.5, 0.6) is 0 Å². The maximum atomic E-state index is 6.30. The second-order valence-corrected chi connectivity index (χ2v) is 6.90. The van der Waals surface area contributed by atoms with Gasteiger partial charge >= 0.3 is 0 Å². The highest BCUT2D eigenvalue weighted by Gasteiger charge is 2.44. The van der Waals surface area contributed by atoms with Gasteiger partial charge in [0.05, 0.1) is 11.6 Å². The van der Waals surface area contributed by atoms with Crippen LogP contribution in [0.25, 0.3) is 0 Å². The van der Waals surface area contributed by atoms with Crippen LogP contribution in [0.3, 0.4) is 0 Å². The first kappa shape index (κ1) is 16.3. The standard InChI is InChI=1S/C17H34N2O/c1-3-14-9-8-10-15(13-14)16(19-18)17(20-4-2)11-6-5-7-12-17/h14-16,19H,3-13,18H2,1-2H3. The van der Waals surface area contributed by atoms with Gasteiger partial charge in [-0.3, -0.25) is 11.3 Å². The van der Waals surface area contributed by atoms with Gasteiger partial charge < -0.3 is 4.74 Å². The molecule has 0 saturated heterocycles. The molecule has 2 saturated carbocycles. The third kappa shape index (κ3) is 3.55. The van der Waals surface area contributed by atoms with Crippen molar-refractivity contribution >= 4 is 0 Å². The number of hydrogen-bond donors (Lipinski definition) is 2. The average molecular weight is 282 g/mol. The molecule has 118 valence electrons. The van der Waals surface area contributed by atoms with Crippen LogP contribution in [-0.4, -0.2) is 18.2 Å². The lowest BCUT2D eigenvalue weighted by Crippen LogP contribution is -2.59. The molecule has 3 N–H and O–H groups in total. The van der Waals surface area contributed by atoms with Crippen molar-refractivity contribution in [3.63, 3.8) is 0 Å². The molecule has 0 aromatic heterocycles. The van der Waals surface area contributed by atoms with Gasteiger partial charge in [0, 0.05) is 6.61 Å². The molecule has 0 bridgehead atoms. The molecular formula is C17H34N2O. The van der Waals surface area contributed by atoms with E-state index < -0.39 is 0 Å². The Morgan fingerprint density at radius 3 is 2.50 bits per heavy atom. The van der Waals surface area contributed by atoms with Crippen molar-refractivity contribution in [1.82, 2.24) is 5.43 Å². The molecule has 3 atom stereocenters. The summed E-state index contributed by atoms with van der Waals surface area (Å²) >= 11 is 0. The zero-order valence-corrected chi connectivity index (χ0v) is 13.5. The van der Waals surface area contributed by atoms with Gasteiger partial charge in [-0.15, -0.1) is 0 Å². The largest absolute Gasteiger partial charge is 0.374 e. The molecule has 0 spiro atoms. The van der Waals surface area contributed by atoms with Crippen LogP contribution in [-0.2, 0) is 4.74 Å². The lowest BCUT2D eigenvalue weighted by Gasteiger charge is -2.47. The predicted molar refractivity (Wildman–Crippen MR) is 84.3 cm³/mol. The van der Waals surface area contributed by atoms with Crippen molar-refractivity contribution in [2.45, 2.75) is 89.7 Å². The third-order valence-electron chi connectivity index (χ3n) is 5.75. The van der Waals surface area contributed by atoms with Crippen molar-refractivity contribution in [1.29, 1.82) is 0 Å². The molecule has 0 radical (unpaired) electrons. The normalized spacial score (nSPS) is 31.9. The van der Waals surface area contributed by atoms with Crippen LogP contribution in [0, 0.1) is 11.8 Å². The molecule has 0 aromatic carbocycles. The van der Waals surface area contributed by atoms with Gasteiger partial charge in [-0.25, -0.2) is 0 Å². The van der Waals surface area contributed by atoms with Crippen LogP contribution in [0.1, 0.15) is 78.1 Å². The molecule has 0 heterocycles. The highest BCUT2D eigenvalue weighted by molar-refractivity contribution is 4.99. The number of rotatable bonds is 6. The fraction of sp³-hybridized carbons (Fsp3) is 1.00. The molecule has 3 nitrogen and oxygen atoms in total. The summed E-state index contributed by atoms with van der Waals surface area (Å²) in [7, 11) is 0. The second kappa shape index (κ2) is 7.77. The van der Waals surface area contributed by atoms with E-state index in [1.165, 1.54) is 64.2 Å². The Labute approximate surface area is 125 Å². The van der Waals surface area contributed by atoms with Crippen molar-refractivity contribution in [3.05, 3.63) is 0 Å². The summed E-state index contributed by atoms with van der Waals surface area (Å²) in [6.45, 7) is 5.26. The Morgan fingerprint density at radius 1 is 1.15 bits per heavy atom. The van der Waals surface area contributed by atoms with E-state index in [-0.39, 0.29) is 5.60 Å². The van der Waals surface area contributed by atoms with E-state index in [0.717, 1.165) is 12.5 Å². The number of nitrogens with one attached hydrogen (secondary N) is 1. The van der Waals surface area contributed by atoms with Gasteiger partial charge in [0.15, 0.2) is 0 Å². The van der Waals surface area contributed by atoms with E-state index in [9.17, 15) is 0 Å². The number of nitrogens with two attached hydrogens (primary N) is 1. The van der Waals surface area contributed by atoms with Crippen molar-refractivity contribution in [3.8, 4) is 0 Å². The van der Waals surface area contributed by atoms with E-state index in [0.29, 0.717) is 12.0 Å². The SMILES string of the molecule is CCOC1(C(NN)C2CCCC(CC)C2)CCCCC1. The Balaban J connectivity index is 2.10. The van der Waals surface area contributed by atoms with Gasteiger partial charge in [-0.1, -0.05) is 45.4 Å². The maximum absolute atomic E-state index is 6.30. The van der Waals surface area contributed by atoms with Gasteiger partial charge in [-0.2, -0.15) is 0 Å². The number of hydrazine groups is 1. The minimum Gasteiger partial charge on any atom is -0.374 e. The molecule has 2 aliphatic carbocycles. The molecule has 0 aromatic rings. The van der Waals surface area contributed by atoms with Crippen molar-refractivity contribution < 1.29 is 4.74 Å². The summed E-state index contributed by atoms with van der Waals surface area (Å²) in [5.41, 5.74) is 3.19. The molecule has 2 fully saturated rings. The zero-order chi connectivity index (χ0) is 14.4. The lowest BCUT2D eigenvalue weighted by atomic mass is 9.68. The highest BCUT2D eigenvalue weighted by Crippen LogP contribution is 2.42. The van der Waals surface area contributed by atoms with E-state index in [4.69, 9.17) is 10.6 Å². The van der Waals surface area contributed by atoms with E-state index in [1.54, 1.807) is 0 Å². The summed E-state index contributed by atoms with van der Waals surface area (Å²) in [6, 6.07) is 0.345. The molecule has 2 aliphatic rings. The quantitative estimate of drug-likeness (QED) is 0.576. The lowest BCUT2D eigenvalue weighted by molar-refractivity contribution is -0.107. The van der Waals surface area contributed by atoms with Gasteiger partial charge in [0.1, 0.15) is 0 Å². The van der Waals surface area contributed by atoms with E-state index in [1.807, 2.05) is 0 Å². The van der Waals surface area contributed by atoms with E-state index in [2.05, 4.69) is 19.3 Å². The molecule has 0 aliphatic heterocycles. The first-order valence-corrected chi connectivity index (χ1v) is 8.85. The Hall–Kier alpha value is -0.120. The van der Waals surface area contributed by atoms with Crippen LogP contribution in [0.2, 0.25) is 0 Å². The molecule has 3 unspecified atom stereocenters. The Morgan fingerprint density at radius 2 is 1.90 bits per heavy atom. The first-order chi connectivity index (χ1) is 9.75. The second-order valence-electron chi connectivity index (χ2n) is 6.90. The zero-order valence-electron chi connectivity index (χ0n) is 13.5. The monoisotopic (exact) mass is 282 g/mol. The maximum Gasteiger partial charge on any atom is 0.0850 e. The van der Waals surface area contributed by atoms with Crippen LogP contribution in [0.15, 0.2) is 0 Å². The smallest absolute Gasteiger partial charge is 0.0850 e. The minimum absolute atomic E-state index is 0.00203.